The van der Waals surface area contributed by atoms with Gasteiger partial charge in [-0.25, -0.2) is 0 Å². The Bertz CT molecular complexity index is 405. The van der Waals surface area contributed by atoms with Gasteiger partial charge >= 0.3 is 11.9 Å². The van der Waals surface area contributed by atoms with Gasteiger partial charge in [0, 0.05) is 0 Å². The van der Waals surface area contributed by atoms with E-state index in [0.717, 1.165) is 5.56 Å². The first-order chi connectivity index (χ1) is 9.13. The summed E-state index contributed by atoms with van der Waals surface area (Å²) in [5, 5.41) is 8.99. The van der Waals surface area contributed by atoms with Crippen LogP contribution in [0.1, 0.15) is 24.8 Å². The summed E-state index contributed by atoms with van der Waals surface area (Å²) in [4.78, 5) is 22.5. The molecule has 0 aliphatic rings. The van der Waals surface area contributed by atoms with Gasteiger partial charge in [0.05, 0.1) is 12.3 Å². The maximum Gasteiger partial charge on any atom is 0.307 e. The predicted molar refractivity (Wildman–Crippen MR) is 70.3 cm³/mol. The number of hydrogen-bond acceptors (Lipinski definition) is 4. The molecule has 0 fully saturated rings. The number of carboxylic acid groups (broad SMARTS) is 1. The Balaban J connectivity index is 2.38. The van der Waals surface area contributed by atoms with Crippen molar-refractivity contribution in [2.24, 2.45) is 11.7 Å². The molecule has 0 spiro atoms. The zero-order chi connectivity index (χ0) is 14.1. The van der Waals surface area contributed by atoms with Gasteiger partial charge in [0.1, 0.15) is 6.61 Å². The van der Waals surface area contributed by atoms with E-state index in [2.05, 4.69) is 0 Å². The van der Waals surface area contributed by atoms with Gasteiger partial charge in [-0.1, -0.05) is 30.3 Å². The fourth-order valence-electron chi connectivity index (χ4n) is 1.68. The standard InChI is InChI=1S/C14H19NO4/c15-8-4-7-12(14(17)18)9-13(16)19-10-11-5-2-1-3-6-11/h1-3,5-6,12H,4,7-10,15H2,(H,17,18)/t12-/m1/s1. The lowest BCUT2D eigenvalue weighted by molar-refractivity contribution is -0.152. The van der Waals surface area contributed by atoms with Crippen molar-refractivity contribution in [1.29, 1.82) is 0 Å². The third kappa shape index (κ3) is 6.01. The lowest BCUT2D eigenvalue weighted by atomic mass is 10.00. The first kappa shape index (κ1) is 15.2. The fourth-order valence-corrected chi connectivity index (χ4v) is 1.68. The highest BCUT2D eigenvalue weighted by atomic mass is 16.5. The molecule has 0 amide bonds. The molecule has 0 aliphatic heterocycles. The first-order valence-electron chi connectivity index (χ1n) is 6.26. The van der Waals surface area contributed by atoms with Crippen LogP contribution < -0.4 is 5.73 Å². The second kappa shape index (κ2) is 8.26. The van der Waals surface area contributed by atoms with E-state index < -0.39 is 17.9 Å². The van der Waals surface area contributed by atoms with Crippen LogP contribution in [0.4, 0.5) is 0 Å². The lowest BCUT2D eigenvalue weighted by Gasteiger charge is -2.11. The molecule has 104 valence electrons. The minimum Gasteiger partial charge on any atom is -0.481 e. The van der Waals surface area contributed by atoms with E-state index in [4.69, 9.17) is 15.6 Å². The van der Waals surface area contributed by atoms with Crippen LogP contribution in [0.15, 0.2) is 30.3 Å². The zero-order valence-electron chi connectivity index (χ0n) is 10.7. The van der Waals surface area contributed by atoms with Crippen molar-refractivity contribution in [1.82, 2.24) is 0 Å². The number of esters is 1. The van der Waals surface area contributed by atoms with E-state index in [1.54, 1.807) is 0 Å². The van der Waals surface area contributed by atoms with Crippen LogP contribution in [0, 0.1) is 5.92 Å². The normalized spacial score (nSPS) is 11.8. The summed E-state index contributed by atoms with van der Waals surface area (Å²) in [6, 6.07) is 9.26. The first-order valence-corrected chi connectivity index (χ1v) is 6.26. The Labute approximate surface area is 112 Å². The molecule has 0 saturated carbocycles. The monoisotopic (exact) mass is 265 g/mol. The minimum absolute atomic E-state index is 0.109. The molecular weight excluding hydrogens is 246 g/mol. The Kier molecular flexibility index (Phi) is 6.60. The number of nitrogens with two attached hydrogens (primary N) is 1. The molecule has 0 radical (unpaired) electrons. The Morgan fingerprint density at radius 1 is 1.26 bits per heavy atom. The third-order valence-corrected chi connectivity index (χ3v) is 2.76. The summed E-state index contributed by atoms with van der Waals surface area (Å²) in [5.74, 6) is -2.19. The van der Waals surface area contributed by atoms with Crippen molar-refractivity contribution in [3.63, 3.8) is 0 Å². The number of rotatable bonds is 8. The average molecular weight is 265 g/mol. The van der Waals surface area contributed by atoms with Crippen molar-refractivity contribution in [2.45, 2.75) is 25.9 Å². The van der Waals surface area contributed by atoms with Gasteiger partial charge in [-0.15, -0.1) is 0 Å². The van der Waals surface area contributed by atoms with Gasteiger partial charge in [0.15, 0.2) is 0 Å². The van der Waals surface area contributed by atoms with Gasteiger partial charge in [0.25, 0.3) is 0 Å². The molecule has 1 rings (SSSR count). The van der Waals surface area contributed by atoms with Crippen LogP contribution in [-0.2, 0) is 20.9 Å². The van der Waals surface area contributed by atoms with Gasteiger partial charge in [0.2, 0.25) is 0 Å². The zero-order valence-corrected chi connectivity index (χ0v) is 10.7. The van der Waals surface area contributed by atoms with Crippen LogP contribution in [0.5, 0.6) is 0 Å². The molecule has 1 aromatic carbocycles. The molecule has 5 nitrogen and oxygen atoms in total. The number of aliphatic carboxylic acids is 1. The molecule has 1 atom stereocenters. The molecule has 0 aromatic heterocycles. The van der Waals surface area contributed by atoms with E-state index >= 15 is 0 Å². The van der Waals surface area contributed by atoms with Crippen molar-refractivity contribution in [2.75, 3.05) is 6.54 Å². The minimum atomic E-state index is -0.981. The third-order valence-electron chi connectivity index (χ3n) is 2.76. The van der Waals surface area contributed by atoms with Crippen LogP contribution in [0.25, 0.3) is 0 Å². The Morgan fingerprint density at radius 2 is 1.95 bits per heavy atom. The van der Waals surface area contributed by atoms with Gasteiger partial charge in [-0.2, -0.15) is 0 Å². The van der Waals surface area contributed by atoms with E-state index in [-0.39, 0.29) is 13.0 Å². The molecule has 0 heterocycles. The molecule has 19 heavy (non-hydrogen) atoms. The summed E-state index contributed by atoms with van der Waals surface area (Å²) in [6.07, 6.45) is 0.872. The highest BCUT2D eigenvalue weighted by Crippen LogP contribution is 2.13. The van der Waals surface area contributed by atoms with E-state index in [0.29, 0.717) is 19.4 Å². The van der Waals surface area contributed by atoms with Gasteiger partial charge in [-0.3, -0.25) is 9.59 Å². The summed E-state index contributed by atoms with van der Waals surface area (Å²) >= 11 is 0. The van der Waals surface area contributed by atoms with Gasteiger partial charge < -0.3 is 15.6 Å². The highest BCUT2D eigenvalue weighted by molar-refractivity contribution is 5.78. The van der Waals surface area contributed by atoms with Crippen molar-refractivity contribution < 1.29 is 19.4 Å². The summed E-state index contributed by atoms with van der Waals surface area (Å²) in [7, 11) is 0. The SMILES string of the molecule is NCCC[C@H](CC(=O)OCc1ccccc1)C(=O)O. The maximum atomic E-state index is 11.6. The van der Waals surface area contributed by atoms with Crippen molar-refractivity contribution in [3.05, 3.63) is 35.9 Å². The van der Waals surface area contributed by atoms with E-state index in [9.17, 15) is 9.59 Å². The van der Waals surface area contributed by atoms with Crippen molar-refractivity contribution in [3.8, 4) is 0 Å². The Hall–Kier alpha value is -1.88. The molecule has 0 aliphatic carbocycles. The van der Waals surface area contributed by atoms with Crippen LogP contribution in [-0.4, -0.2) is 23.6 Å². The van der Waals surface area contributed by atoms with E-state index in [1.165, 1.54) is 0 Å². The highest BCUT2D eigenvalue weighted by Gasteiger charge is 2.21. The number of carboxylic acids is 1. The second-order valence-corrected chi connectivity index (χ2v) is 4.32. The van der Waals surface area contributed by atoms with E-state index in [1.807, 2.05) is 30.3 Å². The molecule has 0 saturated heterocycles. The predicted octanol–water partition coefficient (Wildman–Crippen LogP) is 1.56. The van der Waals surface area contributed by atoms with Gasteiger partial charge in [-0.05, 0) is 24.9 Å². The molecular formula is C14H19NO4. The second-order valence-electron chi connectivity index (χ2n) is 4.32. The number of carbonyl (C=O) groups excluding carboxylic acids is 1. The summed E-state index contributed by atoms with van der Waals surface area (Å²) in [6.45, 7) is 0.589. The summed E-state index contributed by atoms with van der Waals surface area (Å²) < 4.78 is 5.06. The smallest absolute Gasteiger partial charge is 0.307 e. The number of ether oxygens (including phenoxy) is 1. The Morgan fingerprint density at radius 3 is 2.53 bits per heavy atom. The molecule has 5 heteroatoms. The molecule has 3 N–H and O–H groups in total. The van der Waals surface area contributed by atoms with Crippen molar-refractivity contribution >= 4 is 11.9 Å². The number of hydrogen-bond donors (Lipinski definition) is 2. The fraction of sp³-hybridized carbons (Fsp3) is 0.429. The molecule has 0 unspecified atom stereocenters. The largest absolute Gasteiger partial charge is 0.481 e. The number of benzene rings is 1. The lowest BCUT2D eigenvalue weighted by Crippen LogP contribution is -2.20. The average Bonchev–Trinajstić information content (AvgIpc) is 2.42. The van der Waals surface area contributed by atoms with Crippen LogP contribution >= 0.6 is 0 Å². The van der Waals surface area contributed by atoms with Crippen LogP contribution in [0.3, 0.4) is 0 Å². The molecule has 0 bridgehead atoms. The number of carbonyl (C=O) groups is 2. The van der Waals surface area contributed by atoms with Crippen LogP contribution in [0.2, 0.25) is 0 Å². The maximum absolute atomic E-state index is 11.6. The molecule has 1 aromatic rings. The quantitative estimate of drug-likeness (QED) is 0.696. The summed E-state index contributed by atoms with van der Waals surface area (Å²) in [5.41, 5.74) is 6.21. The topological polar surface area (TPSA) is 89.6 Å².